The molecule has 152 valence electrons. The van der Waals surface area contributed by atoms with Crippen LogP contribution in [0.15, 0.2) is 0 Å². The highest BCUT2D eigenvalue weighted by atomic mass is 31.2. The lowest BCUT2D eigenvalue weighted by atomic mass is 10.0. The van der Waals surface area contributed by atoms with Crippen molar-refractivity contribution in [2.45, 2.75) is 122 Å². The van der Waals surface area contributed by atoms with Crippen molar-refractivity contribution >= 4 is 7.60 Å². The Kier molecular flexibility index (Phi) is 17.6. The molecular formula is C20H44NO3P. The van der Waals surface area contributed by atoms with Gasteiger partial charge in [-0.05, 0) is 19.9 Å². The minimum atomic E-state index is -3.96. The monoisotopic (exact) mass is 377 g/mol. The number of hydrogen-bond acceptors (Lipinski definition) is 2. The number of unbranched alkanes of at least 4 members (excludes halogenated alkanes) is 15. The van der Waals surface area contributed by atoms with E-state index in [0.29, 0.717) is 6.54 Å². The van der Waals surface area contributed by atoms with Crippen LogP contribution in [0.4, 0.5) is 0 Å². The number of nitrogens with one attached hydrogen (secondary N) is 1. The van der Waals surface area contributed by atoms with Gasteiger partial charge in [0, 0.05) is 0 Å². The van der Waals surface area contributed by atoms with Crippen LogP contribution >= 0.6 is 7.60 Å². The summed E-state index contributed by atoms with van der Waals surface area (Å²) in [6, 6.07) is 0. The van der Waals surface area contributed by atoms with Crippen molar-refractivity contribution in [3.63, 3.8) is 0 Å². The molecule has 1 atom stereocenters. The average Bonchev–Trinajstić information content (AvgIpc) is 2.56. The largest absolute Gasteiger partial charge is 0.342 e. The van der Waals surface area contributed by atoms with E-state index < -0.39 is 13.4 Å². The highest BCUT2D eigenvalue weighted by Gasteiger charge is 2.22. The van der Waals surface area contributed by atoms with Crippen molar-refractivity contribution in [3.05, 3.63) is 0 Å². The molecule has 0 radical (unpaired) electrons. The van der Waals surface area contributed by atoms with E-state index in [2.05, 4.69) is 12.2 Å². The molecule has 0 rings (SSSR count). The third-order valence-electron chi connectivity index (χ3n) is 4.97. The topological polar surface area (TPSA) is 69.6 Å². The van der Waals surface area contributed by atoms with Crippen LogP contribution < -0.4 is 5.32 Å². The molecule has 25 heavy (non-hydrogen) atoms. The van der Waals surface area contributed by atoms with E-state index in [1.165, 1.54) is 89.9 Å². The van der Waals surface area contributed by atoms with Gasteiger partial charge in [-0.1, -0.05) is 103 Å². The van der Waals surface area contributed by atoms with Gasteiger partial charge in [-0.25, -0.2) is 0 Å². The van der Waals surface area contributed by atoms with E-state index in [4.69, 9.17) is 9.79 Å². The Balaban J connectivity index is 3.11. The highest BCUT2D eigenvalue weighted by Crippen LogP contribution is 2.38. The van der Waals surface area contributed by atoms with E-state index >= 15 is 0 Å². The van der Waals surface area contributed by atoms with Gasteiger partial charge < -0.3 is 15.1 Å². The first-order valence-corrected chi connectivity index (χ1v) is 12.4. The lowest BCUT2D eigenvalue weighted by Gasteiger charge is -2.14. The lowest BCUT2D eigenvalue weighted by molar-refractivity contribution is 0.350. The van der Waals surface area contributed by atoms with Crippen molar-refractivity contribution in [2.75, 3.05) is 6.54 Å². The molecule has 0 aliphatic heterocycles. The first-order valence-electron chi connectivity index (χ1n) is 10.8. The van der Waals surface area contributed by atoms with Crippen LogP contribution in [-0.4, -0.2) is 22.1 Å². The molecule has 0 heterocycles. The van der Waals surface area contributed by atoms with E-state index in [0.717, 1.165) is 12.8 Å². The maximum Gasteiger partial charge on any atom is 0.342 e. The standard InChI is InChI=1S/C20H44NO3P/c1-3-4-5-6-7-8-9-10-11-12-13-14-15-16-17-18-19-21-20(2)25(22,23)24/h20-21H,3-19H2,1-2H3,(H2,22,23,24). The summed E-state index contributed by atoms with van der Waals surface area (Å²) >= 11 is 0. The summed E-state index contributed by atoms with van der Waals surface area (Å²) in [5.41, 5.74) is 0. The molecule has 0 fully saturated rings. The molecule has 0 aromatic carbocycles. The van der Waals surface area contributed by atoms with Crippen LogP contribution in [0.25, 0.3) is 0 Å². The zero-order chi connectivity index (χ0) is 18.8. The highest BCUT2D eigenvalue weighted by molar-refractivity contribution is 7.52. The fourth-order valence-electron chi connectivity index (χ4n) is 3.10. The Hall–Kier alpha value is 0.110. The maximum atomic E-state index is 11.0. The normalized spacial score (nSPS) is 13.3. The second kappa shape index (κ2) is 17.5. The van der Waals surface area contributed by atoms with Crippen LogP contribution in [0.3, 0.4) is 0 Å². The Morgan fingerprint density at radius 1 is 0.680 bits per heavy atom. The third-order valence-corrected chi connectivity index (χ3v) is 6.17. The Labute approximate surface area is 156 Å². The van der Waals surface area contributed by atoms with Crippen LogP contribution in [0.1, 0.15) is 117 Å². The molecule has 0 aliphatic rings. The summed E-state index contributed by atoms with van der Waals surface area (Å²) in [5, 5.41) is 2.91. The number of hydrogen-bond donors (Lipinski definition) is 3. The van der Waals surface area contributed by atoms with E-state index in [1.54, 1.807) is 6.92 Å². The predicted octanol–water partition coefficient (Wildman–Crippen LogP) is 6.36. The van der Waals surface area contributed by atoms with E-state index in [-0.39, 0.29) is 0 Å². The Morgan fingerprint density at radius 3 is 1.32 bits per heavy atom. The number of rotatable bonds is 19. The van der Waals surface area contributed by atoms with Gasteiger partial charge in [-0.3, -0.25) is 4.57 Å². The fraction of sp³-hybridized carbons (Fsp3) is 1.00. The van der Waals surface area contributed by atoms with Crippen LogP contribution in [0, 0.1) is 0 Å². The maximum absolute atomic E-state index is 11.0. The molecule has 4 nitrogen and oxygen atoms in total. The Bertz CT molecular complexity index is 320. The first-order chi connectivity index (χ1) is 12.0. The molecule has 0 spiro atoms. The van der Waals surface area contributed by atoms with Crippen molar-refractivity contribution in [1.82, 2.24) is 5.32 Å². The minimum Gasteiger partial charge on any atom is -0.323 e. The Morgan fingerprint density at radius 2 is 1.00 bits per heavy atom. The van der Waals surface area contributed by atoms with Crippen molar-refractivity contribution < 1.29 is 14.4 Å². The average molecular weight is 378 g/mol. The van der Waals surface area contributed by atoms with Gasteiger partial charge in [0.1, 0.15) is 5.78 Å². The van der Waals surface area contributed by atoms with Crippen LogP contribution in [0.2, 0.25) is 0 Å². The van der Waals surface area contributed by atoms with Gasteiger partial charge >= 0.3 is 7.60 Å². The van der Waals surface area contributed by atoms with Gasteiger partial charge in [-0.2, -0.15) is 0 Å². The summed E-state index contributed by atoms with van der Waals surface area (Å²) in [7, 11) is -3.96. The molecule has 0 saturated heterocycles. The molecule has 1 unspecified atom stereocenters. The second-order valence-corrected chi connectivity index (χ2v) is 9.48. The van der Waals surface area contributed by atoms with Gasteiger partial charge in [0.05, 0.1) is 0 Å². The lowest BCUT2D eigenvalue weighted by Crippen LogP contribution is -2.26. The molecule has 5 heteroatoms. The fourth-order valence-corrected chi connectivity index (χ4v) is 3.47. The van der Waals surface area contributed by atoms with Crippen molar-refractivity contribution in [3.8, 4) is 0 Å². The molecular weight excluding hydrogens is 333 g/mol. The van der Waals surface area contributed by atoms with Crippen molar-refractivity contribution in [1.29, 1.82) is 0 Å². The summed E-state index contributed by atoms with van der Waals surface area (Å²) < 4.78 is 11.0. The third kappa shape index (κ3) is 18.7. The van der Waals surface area contributed by atoms with Gasteiger partial charge in [-0.15, -0.1) is 0 Å². The first kappa shape index (κ1) is 25.1. The summed E-state index contributed by atoms with van der Waals surface area (Å²) in [5.74, 6) is -0.719. The summed E-state index contributed by atoms with van der Waals surface area (Å²) in [6.07, 6.45) is 21.5. The van der Waals surface area contributed by atoms with Crippen LogP contribution in [0.5, 0.6) is 0 Å². The van der Waals surface area contributed by atoms with Crippen molar-refractivity contribution in [2.24, 2.45) is 0 Å². The van der Waals surface area contributed by atoms with E-state index in [9.17, 15) is 4.57 Å². The van der Waals surface area contributed by atoms with Gasteiger partial charge in [0.2, 0.25) is 0 Å². The van der Waals surface area contributed by atoms with E-state index in [1.807, 2.05) is 0 Å². The smallest absolute Gasteiger partial charge is 0.323 e. The molecule has 0 aliphatic carbocycles. The zero-order valence-electron chi connectivity index (χ0n) is 16.8. The second-order valence-electron chi connectivity index (χ2n) is 7.52. The molecule has 0 amide bonds. The SMILES string of the molecule is CCCCCCCCCCCCCCCCCCNC(C)P(=O)(O)O. The molecule has 0 aromatic heterocycles. The molecule has 0 aromatic rings. The predicted molar refractivity (Wildman–Crippen MR) is 109 cm³/mol. The van der Waals surface area contributed by atoms with Crippen LogP contribution in [-0.2, 0) is 4.57 Å². The van der Waals surface area contributed by atoms with Gasteiger partial charge in [0.25, 0.3) is 0 Å². The molecule has 3 N–H and O–H groups in total. The van der Waals surface area contributed by atoms with Gasteiger partial charge in [0.15, 0.2) is 0 Å². The quantitative estimate of drug-likeness (QED) is 0.181. The molecule has 0 bridgehead atoms. The summed E-state index contributed by atoms with van der Waals surface area (Å²) in [4.78, 5) is 17.9. The molecule has 0 saturated carbocycles. The zero-order valence-corrected chi connectivity index (χ0v) is 17.7. The minimum absolute atomic E-state index is 0.699. The summed E-state index contributed by atoms with van der Waals surface area (Å²) in [6.45, 7) is 4.52.